The minimum absolute atomic E-state index is 0.673. The molecule has 0 unspecified atom stereocenters. The van der Waals surface area contributed by atoms with Crippen LogP contribution in [-0.2, 0) is 0 Å². The zero-order chi connectivity index (χ0) is 12.3. The van der Waals surface area contributed by atoms with Crippen molar-refractivity contribution in [2.45, 2.75) is 6.92 Å². The van der Waals surface area contributed by atoms with E-state index < -0.39 is 0 Å². The first kappa shape index (κ1) is 11.8. The Kier molecular flexibility index (Phi) is 3.55. The van der Waals surface area contributed by atoms with Crippen molar-refractivity contribution in [2.75, 3.05) is 12.4 Å². The average Bonchev–Trinajstić information content (AvgIpc) is 2.35. The Morgan fingerprint density at radius 2 is 1.76 bits per heavy atom. The first-order valence-corrected chi connectivity index (χ1v) is 5.74. The van der Waals surface area contributed by atoms with Gasteiger partial charge in [-0.25, -0.2) is 0 Å². The molecule has 0 saturated heterocycles. The molecule has 1 N–H and O–H groups in total. The van der Waals surface area contributed by atoms with Crippen LogP contribution in [0.2, 0.25) is 5.02 Å². The lowest BCUT2D eigenvalue weighted by molar-refractivity contribution is 0.415. The highest BCUT2D eigenvalue weighted by Gasteiger charge is 2.02. The summed E-state index contributed by atoms with van der Waals surface area (Å²) in [5, 5.41) is 3.93. The van der Waals surface area contributed by atoms with E-state index in [9.17, 15) is 0 Å². The molecule has 2 nitrogen and oxygen atoms in total. The summed E-state index contributed by atoms with van der Waals surface area (Å²) in [6, 6.07) is 13.7. The monoisotopic (exact) mass is 247 g/mol. The van der Waals surface area contributed by atoms with Gasteiger partial charge in [0.05, 0.1) is 17.8 Å². The molecule has 17 heavy (non-hydrogen) atoms. The summed E-state index contributed by atoms with van der Waals surface area (Å²) >= 11 is 6.12. The molecule has 0 aliphatic heterocycles. The highest BCUT2D eigenvalue weighted by molar-refractivity contribution is 6.33. The predicted molar refractivity (Wildman–Crippen MR) is 72.5 cm³/mol. The lowest BCUT2D eigenvalue weighted by Gasteiger charge is -2.10. The Labute approximate surface area is 106 Å². The fourth-order valence-electron chi connectivity index (χ4n) is 1.52. The number of nitrogens with one attached hydrogen (secondary N) is 1. The number of hydrogen-bond acceptors (Lipinski definition) is 2. The second-order valence-corrected chi connectivity index (χ2v) is 4.24. The van der Waals surface area contributed by atoms with Crippen molar-refractivity contribution in [3.8, 4) is 5.75 Å². The number of hydrogen-bond donors (Lipinski definition) is 1. The molecule has 2 aromatic rings. The van der Waals surface area contributed by atoms with E-state index in [1.54, 1.807) is 7.11 Å². The van der Waals surface area contributed by atoms with Gasteiger partial charge in [0.15, 0.2) is 0 Å². The van der Waals surface area contributed by atoms with Crippen LogP contribution in [0.1, 0.15) is 5.56 Å². The van der Waals surface area contributed by atoms with Gasteiger partial charge in [-0.3, -0.25) is 0 Å². The van der Waals surface area contributed by atoms with Crippen LogP contribution in [-0.4, -0.2) is 7.11 Å². The van der Waals surface area contributed by atoms with E-state index in [0.29, 0.717) is 5.02 Å². The fourth-order valence-corrected chi connectivity index (χ4v) is 1.68. The van der Waals surface area contributed by atoms with Crippen LogP contribution in [0.4, 0.5) is 11.4 Å². The minimum Gasteiger partial charge on any atom is -0.497 e. The van der Waals surface area contributed by atoms with E-state index >= 15 is 0 Å². The molecule has 0 saturated carbocycles. The Morgan fingerprint density at radius 3 is 2.41 bits per heavy atom. The Bertz CT molecular complexity index is 508. The Hall–Kier alpha value is -1.67. The normalized spacial score (nSPS) is 10.1. The number of aryl methyl sites for hydroxylation is 1. The number of ether oxygens (including phenoxy) is 1. The van der Waals surface area contributed by atoms with Crippen LogP contribution < -0.4 is 10.1 Å². The van der Waals surface area contributed by atoms with Gasteiger partial charge in [0, 0.05) is 11.8 Å². The maximum atomic E-state index is 6.12. The number of rotatable bonds is 3. The number of halogens is 1. The summed E-state index contributed by atoms with van der Waals surface area (Å²) in [7, 11) is 1.64. The molecule has 0 radical (unpaired) electrons. The highest BCUT2D eigenvalue weighted by Crippen LogP contribution is 2.29. The number of anilines is 2. The maximum absolute atomic E-state index is 6.12. The van der Waals surface area contributed by atoms with E-state index in [1.165, 1.54) is 5.56 Å². The SMILES string of the molecule is COc1ccc(Cl)c(Nc2ccc(C)cc2)c1. The lowest BCUT2D eigenvalue weighted by Crippen LogP contribution is -1.92. The molecule has 0 spiro atoms. The van der Waals surface area contributed by atoms with Crippen molar-refractivity contribution in [2.24, 2.45) is 0 Å². The summed E-state index contributed by atoms with van der Waals surface area (Å²) in [6.45, 7) is 2.06. The largest absolute Gasteiger partial charge is 0.497 e. The standard InChI is InChI=1S/C14H14ClNO/c1-10-3-5-11(6-4-10)16-14-9-12(17-2)7-8-13(14)15/h3-9,16H,1-2H3. The molecular weight excluding hydrogens is 234 g/mol. The van der Waals surface area contributed by atoms with Gasteiger partial charge in [-0.1, -0.05) is 29.3 Å². The molecule has 0 aromatic heterocycles. The first-order chi connectivity index (χ1) is 8.19. The third-order valence-corrected chi connectivity index (χ3v) is 2.83. The van der Waals surface area contributed by atoms with Gasteiger partial charge in [0.1, 0.15) is 5.75 Å². The molecule has 88 valence electrons. The van der Waals surface area contributed by atoms with Gasteiger partial charge in [-0.05, 0) is 31.2 Å². The van der Waals surface area contributed by atoms with E-state index in [4.69, 9.17) is 16.3 Å². The fraction of sp³-hybridized carbons (Fsp3) is 0.143. The molecule has 2 aromatic carbocycles. The van der Waals surface area contributed by atoms with Crippen molar-refractivity contribution >= 4 is 23.0 Å². The molecule has 3 heteroatoms. The molecule has 0 fully saturated rings. The van der Waals surface area contributed by atoms with Crippen LogP contribution in [0, 0.1) is 6.92 Å². The third kappa shape index (κ3) is 2.92. The number of benzene rings is 2. The van der Waals surface area contributed by atoms with Gasteiger partial charge >= 0.3 is 0 Å². The minimum atomic E-state index is 0.673. The molecule has 0 amide bonds. The molecule has 0 aliphatic carbocycles. The van der Waals surface area contributed by atoms with E-state index in [-0.39, 0.29) is 0 Å². The Balaban J connectivity index is 2.25. The van der Waals surface area contributed by atoms with Crippen molar-refractivity contribution in [3.05, 3.63) is 53.1 Å². The van der Waals surface area contributed by atoms with Crippen molar-refractivity contribution in [1.29, 1.82) is 0 Å². The number of methoxy groups -OCH3 is 1. The van der Waals surface area contributed by atoms with Gasteiger partial charge in [0.25, 0.3) is 0 Å². The zero-order valence-electron chi connectivity index (χ0n) is 9.83. The quantitative estimate of drug-likeness (QED) is 0.868. The first-order valence-electron chi connectivity index (χ1n) is 5.36. The van der Waals surface area contributed by atoms with Crippen LogP contribution in [0.15, 0.2) is 42.5 Å². The van der Waals surface area contributed by atoms with Crippen LogP contribution in [0.5, 0.6) is 5.75 Å². The van der Waals surface area contributed by atoms with Crippen LogP contribution >= 0.6 is 11.6 Å². The Morgan fingerprint density at radius 1 is 1.06 bits per heavy atom. The summed E-state index contributed by atoms with van der Waals surface area (Å²) in [6.07, 6.45) is 0. The summed E-state index contributed by atoms with van der Waals surface area (Å²) in [4.78, 5) is 0. The van der Waals surface area contributed by atoms with Gasteiger partial charge in [0.2, 0.25) is 0 Å². The van der Waals surface area contributed by atoms with E-state index in [0.717, 1.165) is 17.1 Å². The highest BCUT2D eigenvalue weighted by atomic mass is 35.5. The average molecular weight is 248 g/mol. The molecule has 0 bridgehead atoms. The maximum Gasteiger partial charge on any atom is 0.121 e. The molecule has 2 rings (SSSR count). The van der Waals surface area contributed by atoms with Crippen LogP contribution in [0.25, 0.3) is 0 Å². The second kappa shape index (κ2) is 5.11. The lowest BCUT2D eigenvalue weighted by atomic mass is 10.2. The van der Waals surface area contributed by atoms with Gasteiger partial charge < -0.3 is 10.1 Å². The van der Waals surface area contributed by atoms with Crippen molar-refractivity contribution < 1.29 is 4.74 Å². The molecular formula is C14H14ClNO. The van der Waals surface area contributed by atoms with E-state index in [1.807, 2.05) is 30.3 Å². The van der Waals surface area contributed by atoms with Crippen LogP contribution in [0.3, 0.4) is 0 Å². The summed E-state index contributed by atoms with van der Waals surface area (Å²) < 4.78 is 5.17. The van der Waals surface area contributed by atoms with Crippen molar-refractivity contribution in [3.63, 3.8) is 0 Å². The van der Waals surface area contributed by atoms with E-state index in [2.05, 4.69) is 24.4 Å². The van der Waals surface area contributed by atoms with Crippen molar-refractivity contribution in [1.82, 2.24) is 0 Å². The predicted octanol–water partition coefficient (Wildman–Crippen LogP) is 4.40. The van der Waals surface area contributed by atoms with Gasteiger partial charge in [-0.15, -0.1) is 0 Å². The molecule has 0 atom stereocenters. The third-order valence-electron chi connectivity index (χ3n) is 2.50. The second-order valence-electron chi connectivity index (χ2n) is 3.84. The zero-order valence-corrected chi connectivity index (χ0v) is 10.6. The van der Waals surface area contributed by atoms with Gasteiger partial charge in [-0.2, -0.15) is 0 Å². The molecule has 0 aliphatic rings. The topological polar surface area (TPSA) is 21.3 Å². The summed E-state index contributed by atoms with van der Waals surface area (Å²) in [5.74, 6) is 0.781. The summed E-state index contributed by atoms with van der Waals surface area (Å²) in [5.41, 5.74) is 3.08. The smallest absolute Gasteiger partial charge is 0.121 e. The molecule has 0 heterocycles.